The summed E-state index contributed by atoms with van der Waals surface area (Å²) in [6.45, 7) is 4.72. The van der Waals surface area contributed by atoms with Crippen LogP contribution < -0.4 is 4.74 Å². The van der Waals surface area contributed by atoms with Crippen molar-refractivity contribution in [1.82, 2.24) is 14.4 Å². The van der Waals surface area contributed by atoms with E-state index in [1.54, 1.807) is 7.11 Å². The second-order valence-corrected chi connectivity index (χ2v) is 8.76. The van der Waals surface area contributed by atoms with Gasteiger partial charge in [0.15, 0.2) is 0 Å². The average molecular weight is 400 g/mol. The summed E-state index contributed by atoms with van der Waals surface area (Å²) >= 11 is 0. The highest BCUT2D eigenvalue weighted by molar-refractivity contribution is 5.89. The van der Waals surface area contributed by atoms with E-state index in [0.29, 0.717) is 13.0 Å². The van der Waals surface area contributed by atoms with Crippen molar-refractivity contribution < 1.29 is 14.6 Å². The fraction of sp³-hybridized carbons (Fsp3) is 0.609. The first-order valence-corrected chi connectivity index (χ1v) is 10.7. The van der Waals surface area contributed by atoms with Crippen molar-refractivity contribution >= 4 is 16.8 Å². The number of methoxy groups -OCH3 is 1. The lowest BCUT2D eigenvalue weighted by Crippen LogP contribution is -2.55. The van der Waals surface area contributed by atoms with Crippen LogP contribution in [0.15, 0.2) is 18.2 Å². The average Bonchev–Trinajstić information content (AvgIpc) is 3.03. The summed E-state index contributed by atoms with van der Waals surface area (Å²) in [4.78, 5) is 17.4. The van der Waals surface area contributed by atoms with Crippen LogP contribution in [0.2, 0.25) is 0 Å². The molecule has 158 valence electrons. The van der Waals surface area contributed by atoms with E-state index in [2.05, 4.69) is 35.7 Å². The molecule has 0 bridgehead atoms. The number of aryl methyl sites for hydroxylation is 1. The van der Waals surface area contributed by atoms with Crippen LogP contribution in [0.25, 0.3) is 10.9 Å². The molecule has 1 saturated heterocycles. The summed E-state index contributed by atoms with van der Waals surface area (Å²) in [6.07, 6.45) is 3.40. The number of nitrogens with zero attached hydrogens (tertiary/aromatic N) is 3. The van der Waals surface area contributed by atoms with Gasteiger partial charge in [-0.2, -0.15) is 0 Å². The fourth-order valence-corrected chi connectivity index (χ4v) is 5.43. The number of ether oxygens (including phenoxy) is 1. The molecular formula is C23H33N3O3. The predicted molar refractivity (Wildman–Crippen MR) is 114 cm³/mol. The van der Waals surface area contributed by atoms with Gasteiger partial charge in [0.1, 0.15) is 5.75 Å². The minimum Gasteiger partial charge on any atom is -0.497 e. The van der Waals surface area contributed by atoms with Crippen LogP contribution in [0.3, 0.4) is 0 Å². The number of aliphatic hydroxyl groups is 1. The lowest BCUT2D eigenvalue weighted by atomic mass is 9.68. The van der Waals surface area contributed by atoms with E-state index in [-0.39, 0.29) is 24.0 Å². The molecule has 6 heteroatoms. The molecule has 2 aromatic rings. The van der Waals surface area contributed by atoms with E-state index in [1.165, 1.54) is 10.9 Å². The molecule has 1 fully saturated rings. The van der Waals surface area contributed by atoms with Crippen LogP contribution in [0.5, 0.6) is 5.75 Å². The van der Waals surface area contributed by atoms with E-state index in [9.17, 15) is 9.90 Å². The lowest BCUT2D eigenvalue weighted by molar-refractivity contribution is -0.137. The molecule has 29 heavy (non-hydrogen) atoms. The van der Waals surface area contributed by atoms with Gasteiger partial charge in [-0.15, -0.1) is 0 Å². The quantitative estimate of drug-likeness (QED) is 0.859. The standard InChI is InChI=1S/C23H33N3O3/c1-5-6-20(28)26-15-23(9-11-24(2)12-10-23)21-17-8-7-16(29-4)13-18(17)25(3)22(21)19(26)14-27/h7-8,13,19,27H,5-6,9-12,14-15H2,1-4H3/t19-/m0/s1. The van der Waals surface area contributed by atoms with E-state index in [1.807, 2.05) is 17.9 Å². The number of benzene rings is 1. The van der Waals surface area contributed by atoms with Crippen molar-refractivity contribution in [2.45, 2.75) is 44.1 Å². The molecule has 0 aliphatic carbocycles. The first-order valence-electron chi connectivity index (χ1n) is 10.7. The Labute approximate surface area is 173 Å². The Morgan fingerprint density at radius 2 is 2.00 bits per heavy atom. The molecule has 1 spiro atoms. The smallest absolute Gasteiger partial charge is 0.223 e. The second kappa shape index (κ2) is 7.65. The Hall–Kier alpha value is -2.05. The monoisotopic (exact) mass is 399 g/mol. The Bertz CT molecular complexity index is 912. The van der Waals surface area contributed by atoms with Gasteiger partial charge >= 0.3 is 0 Å². The molecule has 1 amide bonds. The maximum absolute atomic E-state index is 13.1. The number of carbonyl (C=O) groups excluding carboxylic acids is 1. The molecule has 0 unspecified atom stereocenters. The van der Waals surface area contributed by atoms with Gasteiger partial charge in [0.2, 0.25) is 5.91 Å². The van der Waals surface area contributed by atoms with Crippen LogP contribution in [-0.2, 0) is 17.3 Å². The number of aromatic nitrogens is 1. The number of fused-ring (bicyclic) bond motifs is 4. The van der Waals surface area contributed by atoms with Crippen molar-refractivity contribution in [3.05, 3.63) is 29.5 Å². The molecule has 2 aliphatic rings. The molecule has 2 aliphatic heterocycles. The maximum atomic E-state index is 13.1. The summed E-state index contributed by atoms with van der Waals surface area (Å²) in [5.41, 5.74) is 3.47. The Morgan fingerprint density at radius 1 is 1.28 bits per heavy atom. The van der Waals surface area contributed by atoms with E-state index < -0.39 is 0 Å². The Morgan fingerprint density at radius 3 is 2.62 bits per heavy atom. The summed E-state index contributed by atoms with van der Waals surface area (Å²) in [7, 11) is 5.91. The minimum absolute atomic E-state index is 0.0558. The summed E-state index contributed by atoms with van der Waals surface area (Å²) in [6, 6.07) is 5.96. The van der Waals surface area contributed by atoms with Gasteiger partial charge in [-0.25, -0.2) is 0 Å². The van der Waals surface area contributed by atoms with Gasteiger partial charge in [-0.1, -0.05) is 6.92 Å². The zero-order valence-electron chi connectivity index (χ0n) is 18.1. The topological polar surface area (TPSA) is 57.9 Å². The summed E-state index contributed by atoms with van der Waals surface area (Å²) < 4.78 is 7.65. The molecule has 0 radical (unpaired) electrons. The zero-order chi connectivity index (χ0) is 20.8. The molecular weight excluding hydrogens is 366 g/mol. The first kappa shape index (κ1) is 20.2. The summed E-state index contributed by atoms with van der Waals surface area (Å²) in [5.74, 6) is 0.977. The number of rotatable bonds is 4. The SMILES string of the molecule is CCCC(=O)N1CC2(CCN(C)CC2)c2c(n(C)c3cc(OC)ccc23)[C@@H]1CO. The molecule has 1 aromatic carbocycles. The third-order valence-electron chi connectivity index (χ3n) is 7.05. The van der Waals surface area contributed by atoms with Crippen LogP contribution >= 0.6 is 0 Å². The second-order valence-electron chi connectivity index (χ2n) is 8.76. The predicted octanol–water partition coefficient (Wildman–Crippen LogP) is 2.83. The van der Waals surface area contributed by atoms with Gasteiger partial charge in [-0.3, -0.25) is 4.79 Å². The summed E-state index contributed by atoms with van der Waals surface area (Å²) in [5, 5.41) is 11.6. The molecule has 6 nitrogen and oxygen atoms in total. The van der Waals surface area contributed by atoms with Crippen molar-refractivity contribution in [2.75, 3.05) is 40.4 Å². The number of hydrogen-bond donors (Lipinski definition) is 1. The lowest BCUT2D eigenvalue weighted by Gasteiger charge is -2.50. The minimum atomic E-state index is -0.294. The Balaban J connectivity index is 1.95. The first-order chi connectivity index (χ1) is 14.0. The van der Waals surface area contributed by atoms with E-state index in [0.717, 1.165) is 49.3 Å². The highest BCUT2D eigenvalue weighted by Gasteiger charge is 2.48. The Kier molecular flexibility index (Phi) is 5.34. The number of aliphatic hydroxyl groups excluding tert-OH is 1. The number of amides is 1. The van der Waals surface area contributed by atoms with Crippen molar-refractivity contribution in [3.63, 3.8) is 0 Å². The van der Waals surface area contributed by atoms with Crippen molar-refractivity contribution in [1.29, 1.82) is 0 Å². The van der Waals surface area contributed by atoms with Crippen molar-refractivity contribution in [2.24, 2.45) is 7.05 Å². The number of likely N-dealkylation sites (tertiary alicyclic amines) is 1. The third-order valence-corrected chi connectivity index (χ3v) is 7.05. The normalized spacial score (nSPS) is 21.6. The van der Waals surface area contributed by atoms with Crippen LogP contribution in [0.1, 0.15) is 49.9 Å². The number of hydrogen-bond acceptors (Lipinski definition) is 4. The maximum Gasteiger partial charge on any atom is 0.223 e. The highest BCUT2D eigenvalue weighted by atomic mass is 16.5. The van der Waals surface area contributed by atoms with E-state index in [4.69, 9.17) is 4.74 Å². The van der Waals surface area contributed by atoms with Crippen LogP contribution in [0.4, 0.5) is 0 Å². The van der Waals surface area contributed by atoms with Gasteiger partial charge in [0.05, 0.1) is 25.3 Å². The molecule has 3 heterocycles. The molecule has 4 rings (SSSR count). The van der Waals surface area contributed by atoms with Gasteiger partial charge in [-0.05, 0) is 57.1 Å². The highest BCUT2D eigenvalue weighted by Crippen LogP contribution is 2.50. The van der Waals surface area contributed by atoms with Crippen molar-refractivity contribution in [3.8, 4) is 5.75 Å². The van der Waals surface area contributed by atoms with Crippen LogP contribution in [-0.4, -0.2) is 65.8 Å². The van der Waals surface area contributed by atoms with E-state index >= 15 is 0 Å². The molecule has 1 atom stereocenters. The van der Waals surface area contributed by atoms with Crippen LogP contribution in [0, 0.1) is 0 Å². The molecule has 1 aromatic heterocycles. The van der Waals surface area contributed by atoms with Gasteiger partial charge in [0, 0.05) is 42.6 Å². The third kappa shape index (κ3) is 3.13. The zero-order valence-corrected chi connectivity index (χ0v) is 18.1. The molecule has 1 N–H and O–H groups in total. The van der Waals surface area contributed by atoms with Gasteiger partial charge in [0.25, 0.3) is 0 Å². The van der Waals surface area contributed by atoms with Gasteiger partial charge < -0.3 is 24.2 Å². The largest absolute Gasteiger partial charge is 0.497 e. The molecule has 0 saturated carbocycles. The number of piperidine rings is 1. The number of carbonyl (C=O) groups is 1. The fourth-order valence-electron chi connectivity index (χ4n) is 5.43.